The first-order chi connectivity index (χ1) is 17.9. The molecule has 5 heterocycles. The first-order valence-electron chi connectivity index (χ1n) is 12.3. The Hall–Kier alpha value is -3.61. The summed E-state index contributed by atoms with van der Waals surface area (Å²) >= 11 is 1.43. The van der Waals surface area contributed by atoms with Gasteiger partial charge in [-0.2, -0.15) is 10.2 Å². The van der Waals surface area contributed by atoms with Gasteiger partial charge < -0.3 is 15.7 Å². The van der Waals surface area contributed by atoms with Crippen molar-refractivity contribution < 1.29 is 14.7 Å². The van der Waals surface area contributed by atoms with Crippen molar-refractivity contribution in [1.82, 2.24) is 29.3 Å². The summed E-state index contributed by atoms with van der Waals surface area (Å²) in [6, 6.07) is 2.13. The second kappa shape index (κ2) is 10.8. The van der Waals surface area contributed by atoms with Crippen LogP contribution in [0, 0.1) is 6.92 Å². The highest BCUT2D eigenvalue weighted by Crippen LogP contribution is 2.31. The van der Waals surface area contributed by atoms with E-state index >= 15 is 0 Å². The molecule has 0 aliphatic carbocycles. The summed E-state index contributed by atoms with van der Waals surface area (Å²) in [5, 5.41) is 23.5. The Morgan fingerprint density at radius 2 is 2.03 bits per heavy atom. The van der Waals surface area contributed by atoms with Crippen LogP contribution in [0.25, 0.3) is 15.3 Å². The molecule has 1 unspecified atom stereocenters. The van der Waals surface area contributed by atoms with Crippen LogP contribution in [-0.2, 0) is 11.3 Å². The predicted octanol–water partition coefficient (Wildman–Crippen LogP) is 3.02. The highest BCUT2D eigenvalue weighted by molar-refractivity contribution is 7.21. The van der Waals surface area contributed by atoms with E-state index in [0.29, 0.717) is 46.6 Å². The summed E-state index contributed by atoms with van der Waals surface area (Å²) in [5.41, 5.74) is 3.02. The lowest BCUT2D eigenvalue weighted by Crippen LogP contribution is -2.42. The molecule has 11 nitrogen and oxygen atoms in total. The van der Waals surface area contributed by atoms with Crippen LogP contribution >= 0.6 is 11.3 Å². The average molecular weight is 523 g/mol. The fraction of sp³-hybridized carbons (Fsp3) is 0.400. The molecule has 0 spiro atoms. The number of aromatic nitrogens is 5. The van der Waals surface area contributed by atoms with Crippen LogP contribution < -0.4 is 10.6 Å². The number of amides is 2. The van der Waals surface area contributed by atoms with Crippen molar-refractivity contribution in [1.29, 1.82) is 0 Å². The molecule has 194 valence electrons. The fourth-order valence-electron chi connectivity index (χ4n) is 4.49. The lowest BCUT2D eigenvalue weighted by molar-refractivity contribution is -0.118. The second-order valence-electron chi connectivity index (χ2n) is 9.29. The van der Waals surface area contributed by atoms with Crippen molar-refractivity contribution in [2.45, 2.75) is 45.7 Å². The number of thiazole rings is 1. The van der Waals surface area contributed by atoms with Crippen LogP contribution in [0.1, 0.15) is 42.2 Å². The van der Waals surface area contributed by atoms with Crippen LogP contribution in [0.15, 0.2) is 37.1 Å². The standard InChI is InChI=1S/C25H30N8O3S/c1-16-5-3-4-6-31(16)15-23(35)29-19-9-21(17(2)26-11-19)30-24(36)20-12-28-33-14-22(37-25(20)33)18-10-27-32(13-18)7-8-34/h9-14,16,34H,3-8,15H2,1-2H3,(H,29,35)(H,30,36). The molecule has 4 aromatic heterocycles. The maximum absolute atomic E-state index is 13.2. The number of piperidine rings is 1. The minimum atomic E-state index is -0.310. The van der Waals surface area contributed by atoms with Gasteiger partial charge in [0.05, 0.1) is 65.8 Å². The average Bonchev–Trinajstić information content (AvgIpc) is 3.59. The van der Waals surface area contributed by atoms with Crippen molar-refractivity contribution >= 4 is 39.4 Å². The number of carbonyl (C=O) groups is 2. The van der Waals surface area contributed by atoms with E-state index in [-0.39, 0.29) is 18.4 Å². The number of anilines is 2. The molecule has 1 atom stereocenters. The quantitative estimate of drug-likeness (QED) is 0.324. The van der Waals surface area contributed by atoms with E-state index in [1.165, 1.54) is 24.0 Å². The normalized spacial score (nSPS) is 16.2. The number of hydrogen-bond acceptors (Lipinski definition) is 8. The third kappa shape index (κ3) is 5.55. The number of fused-ring (bicyclic) bond motifs is 1. The fourth-order valence-corrected chi connectivity index (χ4v) is 5.52. The summed E-state index contributed by atoms with van der Waals surface area (Å²) in [6.07, 6.45) is 12.0. The number of carbonyl (C=O) groups excluding carboxylic acids is 2. The third-order valence-electron chi connectivity index (χ3n) is 6.59. The molecule has 3 N–H and O–H groups in total. The van der Waals surface area contributed by atoms with Crippen molar-refractivity contribution in [2.24, 2.45) is 0 Å². The molecule has 1 aliphatic rings. The number of hydrogen-bond donors (Lipinski definition) is 3. The number of aliphatic hydroxyl groups excluding tert-OH is 1. The molecule has 37 heavy (non-hydrogen) atoms. The lowest BCUT2D eigenvalue weighted by atomic mass is 10.0. The number of nitrogens with one attached hydrogen (secondary N) is 2. The van der Waals surface area contributed by atoms with Gasteiger partial charge in [0.15, 0.2) is 0 Å². The number of pyridine rings is 1. The summed E-state index contributed by atoms with van der Waals surface area (Å²) in [7, 11) is 0. The molecule has 1 fully saturated rings. The smallest absolute Gasteiger partial charge is 0.260 e. The molecule has 1 saturated heterocycles. The molecule has 1 aliphatic heterocycles. The van der Waals surface area contributed by atoms with E-state index in [9.17, 15) is 9.59 Å². The summed E-state index contributed by atoms with van der Waals surface area (Å²) in [6.45, 7) is 5.65. The summed E-state index contributed by atoms with van der Waals surface area (Å²) in [5.74, 6) is -0.404. The van der Waals surface area contributed by atoms with E-state index in [1.807, 2.05) is 12.4 Å². The number of aliphatic hydroxyl groups is 1. The predicted molar refractivity (Wildman–Crippen MR) is 142 cm³/mol. The van der Waals surface area contributed by atoms with Crippen molar-refractivity contribution in [3.8, 4) is 10.4 Å². The molecule has 2 amide bonds. The highest BCUT2D eigenvalue weighted by Gasteiger charge is 2.21. The van der Waals surface area contributed by atoms with Crippen molar-refractivity contribution in [2.75, 3.05) is 30.3 Å². The van der Waals surface area contributed by atoms with Crippen molar-refractivity contribution in [3.63, 3.8) is 0 Å². The Labute approximate surface area is 218 Å². The molecule has 5 rings (SSSR count). The van der Waals surface area contributed by atoms with Crippen LogP contribution in [0.2, 0.25) is 0 Å². The van der Waals surface area contributed by atoms with Crippen LogP contribution in [0.4, 0.5) is 11.4 Å². The molecule has 0 radical (unpaired) electrons. The van der Waals surface area contributed by atoms with Gasteiger partial charge in [-0.3, -0.25) is 24.2 Å². The maximum atomic E-state index is 13.2. The molecule has 0 bridgehead atoms. The molecular weight excluding hydrogens is 492 g/mol. The van der Waals surface area contributed by atoms with Crippen molar-refractivity contribution in [3.05, 3.63) is 48.3 Å². The number of nitrogens with zero attached hydrogens (tertiary/aromatic N) is 6. The van der Waals surface area contributed by atoms with Gasteiger partial charge in [-0.1, -0.05) is 6.42 Å². The van der Waals surface area contributed by atoms with E-state index in [2.05, 4.69) is 37.6 Å². The zero-order chi connectivity index (χ0) is 25.9. The zero-order valence-electron chi connectivity index (χ0n) is 20.8. The Bertz CT molecular complexity index is 1420. The molecule has 4 aromatic rings. The van der Waals surface area contributed by atoms with Gasteiger partial charge in [-0.15, -0.1) is 11.3 Å². The Morgan fingerprint density at radius 3 is 2.84 bits per heavy atom. The number of rotatable bonds is 8. The van der Waals surface area contributed by atoms with Gasteiger partial charge in [0, 0.05) is 24.0 Å². The number of aryl methyl sites for hydroxylation is 1. The van der Waals surface area contributed by atoms with Gasteiger partial charge >= 0.3 is 0 Å². The molecule has 0 aromatic carbocycles. The Balaban J connectivity index is 1.28. The molecule has 0 saturated carbocycles. The molecule has 12 heteroatoms. The van der Waals surface area contributed by atoms with Crippen LogP contribution in [0.5, 0.6) is 0 Å². The monoisotopic (exact) mass is 522 g/mol. The first-order valence-corrected chi connectivity index (χ1v) is 13.2. The topological polar surface area (TPSA) is 130 Å². The Kier molecular flexibility index (Phi) is 7.31. The largest absolute Gasteiger partial charge is 0.394 e. The highest BCUT2D eigenvalue weighted by atomic mass is 32.1. The van der Waals surface area contributed by atoms with Gasteiger partial charge in [0.1, 0.15) is 4.83 Å². The van der Waals surface area contributed by atoms with E-state index in [4.69, 9.17) is 5.11 Å². The van der Waals surface area contributed by atoms with E-state index in [1.54, 1.807) is 34.6 Å². The van der Waals surface area contributed by atoms with E-state index in [0.717, 1.165) is 29.8 Å². The van der Waals surface area contributed by atoms with Gasteiger partial charge in [0.2, 0.25) is 5.91 Å². The Morgan fingerprint density at radius 1 is 1.16 bits per heavy atom. The third-order valence-corrected chi connectivity index (χ3v) is 7.75. The SMILES string of the molecule is Cc1ncc(NC(=O)CN2CCCCC2C)cc1NC(=O)c1cnn2cc(-c3cnn(CCO)c3)sc12. The zero-order valence-corrected chi connectivity index (χ0v) is 21.7. The van der Waals surface area contributed by atoms with E-state index < -0.39 is 0 Å². The van der Waals surface area contributed by atoms with Gasteiger partial charge in [-0.05, 0) is 39.3 Å². The maximum Gasteiger partial charge on any atom is 0.260 e. The minimum absolute atomic E-state index is 0.00993. The van der Waals surface area contributed by atoms with Gasteiger partial charge in [0.25, 0.3) is 5.91 Å². The summed E-state index contributed by atoms with van der Waals surface area (Å²) in [4.78, 5) is 34.0. The van der Waals surface area contributed by atoms with Gasteiger partial charge in [-0.25, -0.2) is 4.52 Å². The molecular formula is C25H30N8O3S. The minimum Gasteiger partial charge on any atom is -0.394 e. The first kappa shape index (κ1) is 25.1. The summed E-state index contributed by atoms with van der Waals surface area (Å²) < 4.78 is 3.34. The number of likely N-dealkylation sites (tertiary alicyclic amines) is 1. The van der Waals surface area contributed by atoms with Crippen LogP contribution in [0.3, 0.4) is 0 Å². The lowest BCUT2D eigenvalue weighted by Gasteiger charge is -2.32. The second-order valence-corrected chi connectivity index (χ2v) is 10.3. The van der Waals surface area contributed by atoms with Crippen LogP contribution in [-0.4, -0.2) is 71.9 Å².